The van der Waals surface area contributed by atoms with Gasteiger partial charge in [-0.25, -0.2) is 4.98 Å². The summed E-state index contributed by atoms with van der Waals surface area (Å²) in [5.74, 6) is 2.27. The van der Waals surface area contributed by atoms with Gasteiger partial charge in [0, 0.05) is 32.6 Å². The Kier molecular flexibility index (Phi) is 4.50. The lowest BCUT2D eigenvalue weighted by molar-refractivity contribution is 0.0801. The summed E-state index contributed by atoms with van der Waals surface area (Å²) in [7, 11) is 0. The van der Waals surface area contributed by atoms with Crippen molar-refractivity contribution in [2.45, 2.75) is 32.9 Å². The topological polar surface area (TPSA) is 71.4 Å². The number of hydrogen-bond donors (Lipinski definition) is 0. The van der Waals surface area contributed by atoms with Crippen LogP contribution in [0.25, 0.3) is 11.1 Å². The Balaban J connectivity index is 1.34. The fraction of sp³-hybridized carbons (Fsp3) is 0.500. The Bertz CT molecular complexity index is 802. The number of piperazine rings is 1. The second-order valence-electron chi connectivity index (χ2n) is 6.47. The number of aryl methyl sites for hydroxylation is 1. The van der Waals surface area contributed by atoms with Crippen LogP contribution < -0.4 is 0 Å². The van der Waals surface area contributed by atoms with Crippen LogP contribution in [-0.2, 0) is 13.0 Å². The molecule has 0 saturated carbocycles. The van der Waals surface area contributed by atoms with Crippen molar-refractivity contribution < 1.29 is 8.94 Å². The van der Waals surface area contributed by atoms with E-state index in [1.54, 1.807) is 0 Å². The average Bonchev–Trinajstić information content (AvgIpc) is 3.28. The molecule has 1 fully saturated rings. The summed E-state index contributed by atoms with van der Waals surface area (Å²) in [5.41, 5.74) is 1.78. The number of para-hydroxylation sites is 2. The van der Waals surface area contributed by atoms with E-state index in [4.69, 9.17) is 8.94 Å². The minimum absolute atomic E-state index is 0.152. The Morgan fingerprint density at radius 2 is 1.92 bits per heavy atom. The fourth-order valence-corrected chi connectivity index (χ4v) is 3.22. The zero-order valence-corrected chi connectivity index (χ0v) is 14.7. The van der Waals surface area contributed by atoms with Gasteiger partial charge >= 0.3 is 0 Å². The Hall–Kier alpha value is -2.25. The third kappa shape index (κ3) is 3.43. The maximum absolute atomic E-state index is 5.83. The highest BCUT2D eigenvalue weighted by Crippen LogP contribution is 2.21. The fourth-order valence-electron chi connectivity index (χ4n) is 3.22. The summed E-state index contributed by atoms with van der Waals surface area (Å²) < 4.78 is 11.2. The first-order chi connectivity index (χ1) is 12.2. The molecule has 132 valence electrons. The van der Waals surface area contributed by atoms with Crippen molar-refractivity contribution in [3.63, 3.8) is 0 Å². The minimum Gasteiger partial charge on any atom is -0.439 e. The van der Waals surface area contributed by atoms with Crippen molar-refractivity contribution in [2.24, 2.45) is 0 Å². The van der Waals surface area contributed by atoms with Gasteiger partial charge in [0.2, 0.25) is 11.8 Å². The summed E-state index contributed by atoms with van der Waals surface area (Å²) in [6.45, 7) is 8.77. The predicted molar refractivity (Wildman–Crippen MR) is 93.0 cm³/mol. The van der Waals surface area contributed by atoms with E-state index < -0.39 is 0 Å². The van der Waals surface area contributed by atoms with Crippen molar-refractivity contribution in [2.75, 3.05) is 26.2 Å². The van der Waals surface area contributed by atoms with Crippen molar-refractivity contribution in [1.29, 1.82) is 0 Å². The Morgan fingerprint density at radius 3 is 2.64 bits per heavy atom. The molecule has 0 aliphatic carbocycles. The predicted octanol–water partition coefficient (Wildman–Crippen LogP) is 2.65. The highest BCUT2D eigenvalue weighted by Gasteiger charge is 2.26. The highest BCUT2D eigenvalue weighted by molar-refractivity contribution is 5.72. The van der Waals surface area contributed by atoms with Crippen molar-refractivity contribution in [3.05, 3.63) is 41.9 Å². The molecule has 1 aliphatic rings. The Labute approximate surface area is 146 Å². The molecule has 7 nitrogen and oxygen atoms in total. The van der Waals surface area contributed by atoms with Gasteiger partial charge in [-0.2, -0.15) is 4.98 Å². The average molecular weight is 341 g/mol. The molecular weight excluding hydrogens is 318 g/mol. The summed E-state index contributed by atoms with van der Waals surface area (Å²) in [4.78, 5) is 13.8. The van der Waals surface area contributed by atoms with Gasteiger partial charge in [-0.1, -0.05) is 24.2 Å². The molecule has 1 atom stereocenters. The molecule has 1 aliphatic heterocycles. The number of benzene rings is 1. The quantitative estimate of drug-likeness (QED) is 0.706. The van der Waals surface area contributed by atoms with Gasteiger partial charge in [0.05, 0.1) is 12.6 Å². The van der Waals surface area contributed by atoms with Gasteiger partial charge in [-0.05, 0) is 19.1 Å². The number of oxazole rings is 1. The summed E-state index contributed by atoms with van der Waals surface area (Å²) >= 11 is 0. The minimum atomic E-state index is 0.152. The zero-order valence-electron chi connectivity index (χ0n) is 14.7. The van der Waals surface area contributed by atoms with E-state index in [2.05, 4.69) is 31.8 Å². The molecular formula is C18H23N5O2. The van der Waals surface area contributed by atoms with Crippen LogP contribution in [0.4, 0.5) is 0 Å². The molecule has 3 heterocycles. The number of hydrogen-bond acceptors (Lipinski definition) is 7. The van der Waals surface area contributed by atoms with Gasteiger partial charge in [0.1, 0.15) is 5.52 Å². The molecule has 0 unspecified atom stereocenters. The van der Waals surface area contributed by atoms with E-state index in [0.29, 0.717) is 5.89 Å². The van der Waals surface area contributed by atoms with Gasteiger partial charge < -0.3 is 8.94 Å². The molecule has 0 radical (unpaired) electrons. The van der Waals surface area contributed by atoms with Crippen LogP contribution >= 0.6 is 0 Å². The Morgan fingerprint density at radius 1 is 1.12 bits per heavy atom. The summed E-state index contributed by atoms with van der Waals surface area (Å²) in [6, 6.07) is 8.05. The van der Waals surface area contributed by atoms with Crippen LogP contribution in [0.2, 0.25) is 0 Å². The molecule has 2 aromatic heterocycles. The third-order valence-corrected chi connectivity index (χ3v) is 4.81. The first kappa shape index (κ1) is 16.2. The molecule has 3 aromatic rings. The molecule has 1 saturated heterocycles. The standard InChI is InChI=1S/C18H23N5O2/c1-3-16-20-18(25-21-16)13(2)23-10-8-22(9-11-23)12-17-19-14-6-4-5-7-15(14)24-17/h4-7,13H,3,8-12H2,1-2H3/t13-/m0/s1. The van der Waals surface area contributed by atoms with Crippen LogP contribution in [0.5, 0.6) is 0 Å². The summed E-state index contributed by atoms with van der Waals surface area (Å²) in [6.07, 6.45) is 0.800. The van der Waals surface area contributed by atoms with Gasteiger partial charge in [-0.3, -0.25) is 9.80 Å². The highest BCUT2D eigenvalue weighted by atomic mass is 16.5. The first-order valence-corrected chi connectivity index (χ1v) is 8.86. The maximum Gasteiger partial charge on any atom is 0.243 e. The van der Waals surface area contributed by atoms with Crippen LogP contribution in [0.15, 0.2) is 33.2 Å². The van der Waals surface area contributed by atoms with Gasteiger partial charge in [0.15, 0.2) is 11.4 Å². The molecule has 25 heavy (non-hydrogen) atoms. The maximum atomic E-state index is 5.83. The molecule has 0 amide bonds. The van der Waals surface area contributed by atoms with Crippen molar-refractivity contribution in [1.82, 2.24) is 24.9 Å². The number of nitrogens with zero attached hydrogens (tertiary/aromatic N) is 5. The van der Waals surface area contributed by atoms with Crippen molar-refractivity contribution >= 4 is 11.1 Å². The molecule has 0 N–H and O–H groups in total. The third-order valence-electron chi connectivity index (χ3n) is 4.81. The van der Waals surface area contributed by atoms with E-state index in [9.17, 15) is 0 Å². The lowest BCUT2D eigenvalue weighted by Gasteiger charge is -2.36. The van der Waals surface area contributed by atoms with Crippen LogP contribution in [0, 0.1) is 0 Å². The van der Waals surface area contributed by atoms with E-state index in [-0.39, 0.29) is 6.04 Å². The lowest BCUT2D eigenvalue weighted by atomic mass is 10.2. The second kappa shape index (κ2) is 6.93. The number of aromatic nitrogens is 3. The normalized spacial score (nSPS) is 18.0. The zero-order chi connectivity index (χ0) is 17.2. The first-order valence-electron chi connectivity index (χ1n) is 8.86. The molecule has 7 heteroatoms. The molecule has 0 spiro atoms. The van der Waals surface area contributed by atoms with E-state index in [1.165, 1.54) is 0 Å². The van der Waals surface area contributed by atoms with Gasteiger partial charge in [-0.15, -0.1) is 0 Å². The second-order valence-corrected chi connectivity index (χ2v) is 6.47. The van der Waals surface area contributed by atoms with Crippen LogP contribution in [0.3, 0.4) is 0 Å². The van der Waals surface area contributed by atoms with Gasteiger partial charge in [0.25, 0.3) is 0 Å². The van der Waals surface area contributed by atoms with Crippen LogP contribution in [0.1, 0.15) is 37.5 Å². The smallest absolute Gasteiger partial charge is 0.243 e. The summed E-state index contributed by atoms with van der Waals surface area (Å²) in [5, 5.41) is 4.00. The lowest BCUT2D eigenvalue weighted by Crippen LogP contribution is -2.46. The molecule has 1 aromatic carbocycles. The largest absolute Gasteiger partial charge is 0.439 e. The monoisotopic (exact) mass is 341 g/mol. The van der Waals surface area contributed by atoms with E-state index >= 15 is 0 Å². The molecule has 4 rings (SSSR count). The van der Waals surface area contributed by atoms with E-state index in [1.807, 2.05) is 31.2 Å². The van der Waals surface area contributed by atoms with Crippen LogP contribution in [-0.4, -0.2) is 51.1 Å². The molecule has 0 bridgehead atoms. The van der Waals surface area contributed by atoms with E-state index in [0.717, 1.165) is 62.0 Å². The number of rotatable bonds is 5. The number of fused-ring (bicyclic) bond motifs is 1. The van der Waals surface area contributed by atoms with Crippen molar-refractivity contribution in [3.8, 4) is 0 Å². The SMILES string of the molecule is CCc1noc([C@H](C)N2CCN(Cc3nc4ccccc4o3)CC2)n1.